The minimum absolute atomic E-state index is 0.000386. The summed E-state index contributed by atoms with van der Waals surface area (Å²) in [5.41, 5.74) is 0. The first-order valence-corrected chi connectivity index (χ1v) is 17.3. The van der Waals surface area contributed by atoms with Crippen molar-refractivity contribution in [2.24, 2.45) is 5.92 Å². The monoisotopic (exact) mass is 599 g/mol. The summed E-state index contributed by atoms with van der Waals surface area (Å²) in [6.45, 7) is 5.60. The Labute approximate surface area is 256 Å². The van der Waals surface area contributed by atoms with Crippen LogP contribution < -0.4 is 5.32 Å². The van der Waals surface area contributed by atoms with Gasteiger partial charge in [0.25, 0.3) is 0 Å². The number of aliphatic hydroxyl groups excluding tert-OH is 3. The molecule has 1 aliphatic heterocycles. The molecule has 1 rings (SSSR count). The van der Waals surface area contributed by atoms with Gasteiger partial charge in [0.1, 0.15) is 11.9 Å². The van der Waals surface area contributed by atoms with Crippen LogP contribution in [0, 0.1) is 5.92 Å². The van der Waals surface area contributed by atoms with Crippen LogP contribution in [0.2, 0.25) is 0 Å². The van der Waals surface area contributed by atoms with Gasteiger partial charge in [-0.25, -0.2) is 0 Å². The number of hydrogen-bond acceptors (Lipinski definition) is 7. The standard InChI is InChI=1S/C34H65NO7/c1-27(41-34-32(39)26-31(38)29(3)42-34)22-20-18-16-14-12-10-8-6-4-5-7-9-11-13-15-17-19-21-23-30(37)28(2)33(40)35-24-25-36/h27-29,31-32,34,36,38-39H,4-26H2,1-3H3,(H,35,40). The largest absolute Gasteiger partial charge is 0.395 e. The first kappa shape index (κ1) is 39.0. The molecular formula is C34H65NO7. The molecule has 4 N–H and O–H groups in total. The zero-order valence-corrected chi connectivity index (χ0v) is 27.2. The molecule has 1 heterocycles. The van der Waals surface area contributed by atoms with Crippen molar-refractivity contribution in [1.82, 2.24) is 5.32 Å². The van der Waals surface area contributed by atoms with E-state index in [1.165, 1.54) is 96.3 Å². The van der Waals surface area contributed by atoms with Gasteiger partial charge in [-0.3, -0.25) is 9.59 Å². The second kappa shape index (κ2) is 25.3. The predicted octanol–water partition coefficient (Wildman–Crippen LogP) is 6.36. The number of amides is 1. The van der Waals surface area contributed by atoms with Gasteiger partial charge in [0.05, 0.1) is 30.8 Å². The Morgan fingerprint density at radius 1 is 0.762 bits per heavy atom. The fourth-order valence-corrected chi connectivity index (χ4v) is 5.62. The average Bonchev–Trinajstić information content (AvgIpc) is 2.97. The highest BCUT2D eigenvalue weighted by Crippen LogP contribution is 2.23. The molecule has 1 aliphatic rings. The maximum Gasteiger partial charge on any atom is 0.230 e. The Balaban J connectivity index is 1.79. The lowest BCUT2D eigenvalue weighted by Gasteiger charge is -2.36. The van der Waals surface area contributed by atoms with Gasteiger partial charge in [-0.15, -0.1) is 0 Å². The molecule has 8 heteroatoms. The van der Waals surface area contributed by atoms with Crippen LogP contribution in [0.25, 0.3) is 0 Å². The molecule has 0 spiro atoms. The van der Waals surface area contributed by atoms with Crippen molar-refractivity contribution in [1.29, 1.82) is 0 Å². The second-order valence-corrected chi connectivity index (χ2v) is 12.6. The summed E-state index contributed by atoms with van der Waals surface area (Å²) in [6, 6.07) is 0. The van der Waals surface area contributed by atoms with Crippen LogP contribution >= 0.6 is 0 Å². The molecule has 1 fully saturated rings. The fourth-order valence-electron chi connectivity index (χ4n) is 5.62. The Bertz CT molecular complexity index is 676. The second-order valence-electron chi connectivity index (χ2n) is 12.6. The zero-order chi connectivity index (χ0) is 31.0. The van der Waals surface area contributed by atoms with Crippen molar-refractivity contribution < 1.29 is 34.4 Å². The summed E-state index contributed by atoms with van der Waals surface area (Å²) < 4.78 is 11.5. The van der Waals surface area contributed by atoms with Gasteiger partial charge in [0.15, 0.2) is 6.29 Å². The zero-order valence-electron chi connectivity index (χ0n) is 27.2. The number of Topliss-reactive ketones (excluding diaryl/α,β-unsaturated/α-hetero) is 1. The van der Waals surface area contributed by atoms with Gasteiger partial charge >= 0.3 is 0 Å². The van der Waals surface area contributed by atoms with Crippen LogP contribution in [0.15, 0.2) is 0 Å². The van der Waals surface area contributed by atoms with Crippen molar-refractivity contribution in [3.05, 3.63) is 0 Å². The van der Waals surface area contributed by atoms with Gasteiger partial charge in [-0.1, -0.05) is 109 Å². The first-order chi connectivity index (χ1) is 20.3. The summed E-state index contributed by atoms with van der Waals surface area (Å²) >= 11 is 0. The van der Waals surface area contributed by atoms with Gasteiger partial charge in [0, 0.05) is 19.4 Å². The molecular weight excluding hydrogens is 534 g/mol. The van der Waals surface area contributed by atoms with Crippen molar-refractivity contribution in [3.8, 4) is 0 Å². The van der Waals surface area contributed by atoms with Crippen LogP contribution in [0.5, 0.6) is 0 Å². The molecule has 0 aliphatic carbocycles. The SMILES string of the molecule is CC(CCCCCCCCCCCCCCCCCCCCC(=O)C(C)C(=O)NCCO)OC1OC(C)C(O)CC1O. The number of carbonyl (C=O) groups excluding carboxylic acids is 2. The lowest BCUT2D eigenvalue weighted by atomic mass is 9.99. The van der Waals surface area contributed by atoms with Gasteiger partial charge < -0.3 is 30.1 Å². The molecule has 6 unspecified atom stereocenters. The molecule has 42 heavy (non-hydrogen) atoms. The molecule has 0 aromatic heterocycles. The quantitative estimate of drug-likeness (QED) is 0.0639. The molecule has 0 saturated carbocycles. The molecule has 1 amide bonds. The van der Waals surface area contributed by atoms with E-state index in [2.05, 4.69) is 5.32 Å². The van der Waals surface area contributed by atoms with E-state index in [-0.39, 0.29) is 37.0 Å². The topological polar surface area (TPSA) is 125 Å². The molecule has 248 valence electrons. The Kier molecular flexibility index (Phi) is 23.5. The van der Waals surface area contributed by atoms with E-state index in [0.29, 0.717) is 12.8 Å². The Morgan fingerprint density at radius 2 is 1.21 bits per heavy atom. The Morgan fingerprint density at radius 3 is 1.69 bits per heavy atom. The molecule has 6 atom stereocenters. The van der Waals surface area contributed by atoms with Crippen LogP contribution in [0.3, 0.4) is 0 Å². The van der Waals surface area contributed by atoms with E-state index in [1.54, 1.807) is 6.92 Å². The van der Waals surface area contributed by atoms with Crippen molar-refractivity contribution >= 4 is 11.7 Å². The predicted molar refractivity (Wildman–Crippen MR) is 168 cm³/mol. The minimum atomic E-state index is -0.756. The van der Waals surface area contributed by atoms with Crippen LogP contribution in [-0.2, 0) is 19.1 Å². The maximum absolute atomic E-state index is 12.1. The summed E-state index contributed by atoms with van der Waals surface area (Å²) in [7, 11) is 0. The van der Waals surface area contributed by atoms with Crippen LogP contribution in [0.1, 0.15) is 156 Å². The van der Waals surface area contributed by atoms with Crippen molar-refractivity contribution in [2.75, 3.05) is 13.2 Å². The number of hydrogen-bond donors (Lipinski definition) is 4. The molecule has 0 bridgehead atoms. The number of ether oxygens (including phenoxy) is 2. The third-order valence-corrected chi connectivity index (χ3v) is 8.63. The summed E-state index contributed by atoms with van der Waals surface area (Å²) in [4.78, 5) is 23.8. The highest BCUT2D eigenvalue weighted by molar-refractivity contribution is 6.00. The number of ketones is 1. The molecule has 0 aromatic rings. The maximum atomic E-state index is 12.1. The number of carbonyl (C=O) groups is 2. The van der Waals surface area contributed by atoms with Crippen molar-refractivity contribution in [3.63, 3.8) is 0 Å². The molecule has 0 aromatic carbocycles. The normalized spacial score (nSPS) is 22.1. The number of rotatable bonds is 27. The average molecular weight is 600 g/mol. The van der Waals surface area contributed by atoms with Gasteiger partial charge in [0.2, 0.25) is 5.91 Å². The smallest absolute Gasteiger partial charge is 0.230 e. The van der Waals surface area contributed by atoms with Crippen molar-refractivity contribution in [2.45, 2.75) is 186 Å². The van der Waals surface area contributed by atoms with E-state index in [4.69, 9.17) is 14.6 Å². The number of aliphatic hydroxyl groups is 3. The highest BCUT2D eigenvalue weighted by Gasteiger charge is 2.35. The van der Waals surface area contributed by atoms with E-state index in [9.17, 15) is 19.8 Å². The lowest BCUT2D eigenvalue weighted by Crippen LogP contribution is -2.48. The summed E-state index contributed by atoms with van der Waals surface area (Å²) in [5.74, 6) is -0.895. The highest BCUT2D eigenvalue weighted by atomic mass is 16.7. The third kappa shape index (κ3) is 19.3. The molecule has 1 saturated heterocycles. The van der Waals surface area contributed by atoms with Crippen LogP contribution in [0.4, 0.5) is 0 Å². The number of unbranched alkanes of at least 4 members (excludes halogenated alkanes) is 17. The minimum Gasteiger partial charge on any atom is -0.395 e. The van der Waals surface area contributed by atoms with Gasteiger partial charge in [-0.2, -0.15) is 0 Å². The fraction of sp³-hybridized carbons (Fsp3) is 0.941. The van der Waals surface area contributed by atoms with Gasteiger partial charge in [-0.05, 0) is 33.6 Å². The first-order valence-electron chi connectivity index (χ1n) is 17.3. The van der Waals surface area contributed by atoms with E-state index in [0.717, 1.165) is 25.7 Å². The number of nitrogens with one attached hydrogen (secondary N) is 1. The van der Waals surface area contributed by atoms with E-state index < -0.39 is 24.4 Å². The summed E-state index contributed by atoms with van der Waals surface area (Å²) in [5, 5.41) is 31.1. The summed E-state index contributed by atoms with van der Waals surface area (Å²) in [6.07, 6.45) is 22.2. The Hall–Kier alpha value is -1.06. The van der Waals surface area contributed by atoms with E-state index in [1.807, 2.05) is 13.8 Å². The molecule has 0 radical (unpaired) electrons. The molecule has 8 nitrogen and oxygen atoms in total. The lowest BCUT2D eigenvalue weighted by molar-refractivity contribution is -0.273. The third-order valence-electron chi connectivity index (χ3n) is 8.63. The van der Waals surface area contributed by atoms with E-state index >= 15 is 0 Å². The van der Waals surface area contributed by atoms with Crippen LogP contribution in [-0.4, -0.2) is 70.9 Å².